The number of primary amides is 1. The third-order valence-corrected chi connectivity index (χ3v) is 4.13. The van der Waals surface area contributed by atoms with E-state index in [-0.39, 0.29) is 22.0 Å². The molecule has 0 saturated carbocycles. The Morgan fingerprint density at radius 2 is 2.00 bits per heavy atom. The largest absolute Gasteiger partial charge is 0.397 e. The number of nitrogens with two attached hydrogens (primary N) is 2. The van der Waals surface area contributed by atoms with Gasteiger partial charge in [0.1, 0.15) is 16.4 Å². The van der Waals surface area contributed by atoms with Gasteiger partial charge in [-0.25, -0.2) is 12.8 Å². The van der Waals surface area contributed by atoms with Gasteiger partial charge >= 0.3 is 0 Å². The molecule has 0 spiro atoms. The Hall–Kier alpha value is -2.55. The Morgan fingerprint density at radius 1 is 1.33 bits per heavy atom. The second-order valence-electron chi connectivity index (χ2n) is 4.37. The average molecular weight is 312 g/mol. The molecule has 0 saturated heterocycles. The highest BCUT2D eigenvalue weighted by Gasteiger charge is 2.20. The zero-order valence-corrected chi connectivity index (χ0v) is 11.8. The molecule has 2 aromatic rings. The Bertz CT molecular complexity index is 814. The van der Waals surface area contributed by atoms with E-state index in [0.717, 1.165) is 18.2 Å². The van der Waals surface area contributed by atoms with Crippen molar-refractivity contribution in [2.75, 3.05) is 10.5 Å². The minimum Gasteiger partial charge on any atom is -0.397 e. The number of nitrogens with zero attached hydrogens (tertiary/aromatic N) is 1. The van der Waals surface area contributed by atoms with Gasteiger partial charge in [-0.2, -0.15) is 0 Å². The summed E-state index contributed by atoms with van der Waals surface area (Å²) in [5.74, 6) is -1.39. The van der Waals surface area contributed by atoms with Gasteiger partial charge in [-0.15, -0.1) is 0 Å². The zero-order chi connectivity index (χ0) is 15.8. The maximum Gasteiger partial charge on any atom is 0.265 e. The van der Waals surface area contributed by atoms with Crippen LogP contribution in [0.25, 0.3) is 0 Å². The van der Waals surface area contributed by atoms with Crippen molar-refractivity contribution in [2.24, 2.45) is 12.8 Å². The minimum atomic E-state index is -4.01. The lowest BCUT2D eigenvalue weighted by Gasteiger charge is -2.09. The van der Waals surface area contributed by atoms with Crippen LogP contribution < -0.4 is 16.2 Å². The Morgan fingerprint density at radius 3 is 2.57 bits per heavy atom. The quantitative estimate of drug-likeness (QED) is 0.718. The van der Waals surface area contributed by atoms with E-state index in [9.17, 15) is 17.6 Å². The Labute approximate surface area is 120 Å². The van der Waals surface area contributed by atoms with Crippen LogP contribution in [0.2, 0.25) is 0 Å². The maximum atomic E-state index is 13.1. The molecule has 0 bridgehead atoms. The molecule has 0 radical (unpaired) electrons. The Balaban J connectivity index is 2.41. The van der Waals surface area contributed by atoms with E-state index in [2.05, 4.69) is 4.72 Å². The topological polar surface area (TPSA) is 120 Å². The first kappa shape index (κ1) is 14.9. The summed E-state index contributed by atoms with van der Waals surface area (Å²) in [5.41, 5.74) is 10.7. The molecular weight excluding hydrogens is 299 g/mol. The van der Waals surface area contributed by atoms with Gasteiger partial charge in [-0.3, -0.25) is 9.52 Å². The first-order chi connectivity index (χ1) is 9.70. The van der Waals surface area contributed by atoms with Crippen LogP contribution in [0.5, 0.6) is 0 Å². The zero-order valence-electron chi connectivity index (χ0n) is 11.0. The summed E-state index contributed by atoms with van der Waals surface area (Å²) in [7, 11) is -2.53. The number of carbonyl (C=O) groups excluding carboxylic acids is 1. The minimum absolute atomic E-state index is 0.0302. The molecule has 21 heavy (non-hydrogen) atoms. The second-order valence-corrected chi connectivity index (χ2v) is 6.06. The van der Waals surface area contributed by atoms with E-state index in [0.29, 0.717) is 0 Å². The highest BCUT2D eigenvalue weighted by Crippen LogP contribution is 2.23. The van der Waals surface area contributed by atoms with Gasteiger partial charge in [-0.05, 0) is 18.2 Å². The van der Waals surface area contributed by atoms with Crippen LogP contribution in [-0.2, 0) is 17.1 Å². The maximum absolute atomic E-state index is 13.1. The lowest BCUT2D eigenvalue weighted by molar-refractivity contribution is 0.0992. The molecule has 112 valence electrons. The third kappa shape index (κ3) is 2.97. The molecule has 7 nitrogen and oxygen atoms in total. The summed E-state index contributed by atoms with van der Waals surface area (Å²) in [6.45, 7) is 0. The number of sulfonamides is 1. The fourth-order valence-corrected chi connectivity index (χ4v) is 2.89. The summed E-state index contributed by atoms with van der Waals surface area (Å²) < 4.78 is 41.0. The standard InChI is InChI=1S/C12H13FN4O3S/c1-17-6-8(5-11(17)12(15)18)21(19,20)16-10-4-7(13)2-3-9(10)14/h2-6,16H,14H2,1H3,(H2,15,18). The van der Waals surface area contributed by atoms with E-state index >= 15 is 0 Å². The number of nitrogen functional groups attached to an aromatic ring is 1. The van der Waals surface area contributed by atoms with Crippen LogP contribution in [0, 0.1) is 5.82 Å². The molecule has 0 fully saturated rings. The third-order valence-electron chi connectivity index (χ3n) is 2.80. The first-order valence-electron chi connectivity index (χ1n) is 5.75. The van der Waals surface area contributed by atoms with Crippen molar-refractivity contribution in [3.8, 4) is 0 Å². The van der Waals surface area contributed by atoms with Crippen molar-refractivity contribution in [1.29, 1.82) is 0 Å². The van der Waals surface area contributed by atoms with Crippen molar-refractivity contribution >= 4 is 27.3 Å². The fourth-order valence-electron chi connectivity index (χ4n) is 1.75. The van der Waals surface area contributed by atoms with E-state index < -0.39 is 21.7 Å². The lowest BCUT2D eigenvalue weighted by atomic mass is 10.3. The number of aryl methyl sites for hydroxylation is 1. The van der Waals surface area contributed by atoms with Crippen molar-refractivity contribution in [3.05, 3.63) is 42.0 Å². The normalized spacial score (nSPS) is 11.3. The number of hydrogen-bond acceptors (Lipinski definition) is 4. The number of carbonyl (C=O) groups is 1. The van der Waals surface area contributed by atoms with Crippen molar-refractivity contribution < 1.29 is 17.6 Å². The van der Waals surface area contributed by atoms with Gasteiger partial charge in [0.15, 0.2) is 0 Å². The number of hydrogen-bond donors (Lipinski definition) is 3. The summed E-state index contributed by atoms with van der Waals surface area (Å²) in [4.78, 5) is 11.0. The highest BCUT2D eigenvalue weighted by atomic mass is 32.2. The van der Waals surface area contributed by atoms with Gasteiger partial charge < -0.3 is 16.0 Å². The van der Waals surface area contributed by atoms with E-state index in [4.69, 9.17) is 11.5 Å². The number of halogens is 1. The van der Waals surface area contributed by atoms with Crippen LogP contribution >= 0.6 is 0 Å². The summed E-state index contributed by atoms with van der Waals surface area (Å²) in [6.07, 6.45) is 1.22. The molecule has 5 N–H and O–H groups in total. The SMILES string of the molecule is Cn1cc(S(=O)(=O)Nc2cc(F)ccc2N)cc1C(N)=O. The molecule has 0 aliphatic carbocycles. The number of aromatic nitrogens is 1. The van der Waals surface area contributed by atoms with Crippen LogP contribution in [0.4, 0.5) is 15.8 Å². The van der Waals surface area contributed by atoms with Gasteiger partial charge in [0.2, 0.25) is 0 Å². The van der Waals surface area contributed by atoms with Crippen LogP contribution in [0.15, 0.2) is 35.4 Å². The van der Waals surface area contributed by atoms with E-state index in [1.807, 2.05) is 0 Å². The molecule has 0 unspecified atom stereocenters. The molecule has 1 heterocycles. The number of nitrogens with one attached hydrogen (secondary N) is 1. The van der Waals surface area contributed by atoms with E-state index in [1.54, 1.807) is 0 Å². The number of amides is 1. The highest BCUT2D eigenvalue weighted by molar-refractivity contribution is 7.92. The summed E-state index contributed by atoms with van der Waals surface area (Å²) in [5, 5.41) is 0. The number of benzene rings is 1. The molecule has 0 aliphatic heterocycles. The molecule has 0 atom stereocenters. The molecule has 1 amide bonds. The molecule has 1 aromatic heterocycles. The van der Waals surface area contributed by atoms with Crippen molar-refractivity contribution in [2.45, 2.75) is 4.90 Å². The first-order valence-corrected chi connectivity index (χ1v) is 7.23. The van der Waals surface area contributed by atoms with Gasteiger partial charge in [0.25, 0.3) is 15.9 Å². The average Bonchev–Trinajstić information content (AvgIpc) is 2.77. The second kappa shape index (κ2) is 5.09. The van der Waals surface area contributed by atoms with E-state index in [1.165, 1.54) is 23.9 Å². The smallest absolute Gasteiger partial charge is 0.265 e. The fraction of sp³-hybridized carbons (Fsp3) is 0.0833. The van der Waals surface area contributed by atoms with Gasteiger partial charge in [0, 0.05) is 19.3 Å². The predicted molar refractivity (Wildman–Crippen MR) is 75.6 cm³/mol. The van der Waals surface area contributed by atoms with Crippen LogP contribution in [0.1, 0.15) is 10.5 Å². The molecular formula is C12H13FN4O3S. The summed E-state index contributed by atoms with van der Waals surface area (Å²) >= 11 is 0. The van der Waals surface area contributed by atoms with Crippen LogP contribution in [0.3, 0.4) is 0 Å². The molecule has 2 rings (SSSR count). The Kier molecular flexibility index (Phi) is 3.60. The molecule has 9 heteroatoms. The predicted octanol–water partition coefficient (Wildman–Crippen LogP) is 0.646. The van der Waals surface area contributed by atoms with Gasteiger partial charge in [-0.1, -0.05) is 0 Å². The monoisotopic (exact) mass is 312 g/mol. The van der Waals surface area contributed by atoms with Crippen molar-refractivity contribution in [1.82, 2.24) is 4.57 Å². The molecule has 1 aromatic carbocycles. The van der Waals surface area contributed by atoms with Crippen molar-refractivity contribution in [3.63, 3.8) is 0 Å². The lowest BCUT2D eigenvalue weighted by Crippen LogP contribution is -2.15. The summed E-state index contributed by atoms with van der Waals surface area (Å²) in [6, 6.07) is 4.44. The molecule has 0 aliphatic rings. The number of anilines is 2. The van der Waals surface area contributed by atoms with Gasteiger partial charge in [0.05, 0.1) is 11.4 Å². The number of rotatable bonds is 4. The van der Waals surface area contributed by atoms with Crippen LogP contribution in [-0.4, -0.2) is 18.9 Å².